The lowest BCUT2D eigenvalue weighted by Crippen LogP contribution is -2.37. The zero-order valence-electron chi connectivity index (χ0n) is 14.4. The summed E-state index contributed by atoms with van der Waals surface area (Å²) in [5.74, 6) is 0.278. The zero-order chi connectivity index (χ0) is 18.4. The van der Waals surface area contributed by atoms with Gasteiger partial charge in [0.15, 0.2) is 23.1 Å². The number of morpholine rings is 1. The normalized spacial score (nSPS) is 14.8. The average molecular weight is 361 g/mol. The number of phenolic OH excluding ortho intramolecular Hbond substituents is 1. The molecule has 0 atom stereocenters. The first-order valence-corrected chi connectivity index (χ1v) is 8.35. The fraction of sp³-hybridized carbons (Fsp3) is 0.412. The smallest absolute Gasteiger partial charge is 0.270 e. The van der Waals surface area contributed by atoms with Crippen LogP contribution >= 0.6 is 0 Å². The molecule has 3 rings (SSSR count). The monoisotopic (exact) mass is 361 g/mol. The fourth-order valence-corrected chi connectivity index (χ4v) is 2.50. The van der Waals surface area contributed by atoms with Crippen LogP contribution in [0.2, 0.25) is 0 Å². The van der Waals surface area contributed by atoms with Crippen LogP contribution in [0.15, 0.2) is 34.6 Å². The zero-order valence-corrected chi connectivity index (χ0v) is 14.4. The van der Waals surface area contributed by atoms with E-state index >= 15 is 0 Å². The van der Waals surface area contributed by atoms with E-state index in [0.29, 0.717) is 38.7 Å². The number of aromatic hydroxyl groups is 1. The highest BCUT2D eigenvalue weighted by Crippen LogP contribution is 2.27. The van der Waals surface area contributed by atoms with Crippen LogP contribution in [0.5, 0.6) is 11.5 Å². The Hall–Kier alpha value is -2.81. The third kappa shape index (κ3) is 4.42. The molecule has 1 aliphatic heterocycles. The molecule has 0 aliphatic carbocycles. The molecule has 1 fully saturated rings. The van der Waals surface area contributed by atoms with Crippen LogP contribution in [0.3, 0.4) is 0 Å². The van der Waals surface area contributed by atoms with Gasteiger partial charge in [-0.15, -0.1) is 5.11 Å². The van der Waals surface area contributed by atoms with Crippen molar-refractivity contribution < 1.29 is 19.0 Å². The highest BCUT2D eigenvalue weighted by molar-refractivity contribution is 5.43. The second-order valence-corrected chi connectivity index (χ2v) is 5.58. The number of rotatable bonds is 6. The van der Waals surface area contributed by atoms with E-state index in [1.165, 1.54) is 0 Å². The lowest BCUT2D eigenvalue weighted by Gasteiger charge is -2.27. The number of benzene rings is 1. The first-order chi connectivity index (χ1) is 12.7. The molecule has 26 heavy (non-hydrogen) atoms. The van der Waals surface area contributed by atoms with Crippen molar-refractivity contribution in [2.75, 3.05) is 37.8 Å². The number of hydrogen-bond donors (Lipinski definition) is 1. The number of anilines is 1. The molecule has 8 nitrogen and oxygen atoms in total. The van der Waals surface area contributed by atoms with Crippen LogP contribution < -0.4 is 9.64 Å². The van der Waals surface area contributed by atoms with Gasteiger partial charge >= 0.3 is 0 Å². The molecule has 138 valence electrons. The quantitative estimate of drug-likeness (QED) is 0.796. The SMILES string of the molecule is CCOc1cc(CN=Nc2ncc(F)c(N3CCOCC3)n2)ccc1O. The Morgan fingerprint density at radius 3 is 2.92 bits per heavy atom. The van der Waals surface area contributed by atoms with E-state index in [-0.39, 0.29) is 24.1 Å². The summed E-state index contributed by atoms with van der Waals surface area (Å²) in [5, 5.41) is 17.7. The van der Waals surface area contributed by atoms with Crippen LogP contribution in [0.4, 0.5) is 16.2 Å². The van der Waals surface area contributed by atoms with Gasteiger partial charge in [-0.2, -0.15) is 10.1 Å². The third-order valence-electron chi connectivity index (χ3n) is 3.76. The van der Waals surface area contributed by atoms with Crippen molar-refractivity contribution in [3.8, 4) is 11.5 Å². The molecule has 9 heteroatoms. The number of aromatic nitrogens is 2. The van der Waals surface area contributed by atoms with Crippen LogP contribution in [0, 0.1) is 5.82 Å². The van der Waals surface area contributed by atoms with E-state index < -0.39 is 5.82 Å². The molecule has 2 aromatic rings. The molecule has 1 aliphatic rings. The Kier molecular flexibility index (Phi) is 5.90. The molecule has 2 heterocycles. The van der Waals surface area contributed by atoms with Crippen molar-refractivity contribution in [3.05, 3.63) is 35.8 Å². The molecular formula is C17H20FN5O3. The lowest BCUT2D eigenvalue weighted by molar-refractivity contribution is 0.122. The maximum Gasteiger partial charge on any atom is 0.270 e. The number of nitrogens with zero attached hydrogens (tertiary/aromatic N) is 5. The van der Waals surface area contributed by atoms with Crippen molar-refractivity contribution in [1.82, 2.24) is 9.97 Å². The second-order valence-electron chi connectivity index (χ2n) is 5.58. The van der Waals surface area contributed by atoms with Crippen LogP contribution in [0.25, 0.3) is 0 Å². The summed E-state index contributed by atoms with van der Waals surface area (Å²) >= 11 is 0. The number of ether oxygens (including phenoxy) is 2. The molecule has 0 amide bonds. The number of azo groups is 1. The summed E-state index contributed by atoms with van der Waals surface area (Å²) in [6.07, 6.45) is 1.10. The summed E-state index contributed by atoms with van der Waals surface area (Å²) in [4.78, 5) is 9.80. The van der Waals surface area contributed by atoms with Crippen LogP contribution in [-0.2, 0) is 11.3 Å². The minimum absolute atomic E-state index is 0.0737. The standard InChI is InChI=1S/C17H20FN5O3/c1-2-26-15-9-12(3-4-14(15)24)10-20-22-17-19-11-13(18)16(21-17)23-5-7-25-8-6-23/h3-4,9,11,24H,2,5-8,10H2,1H3. The van der Waals surface area contributed by atoms with Gasteiger partial charge in [0, 0.05) is 13.1 Å². The van der Waals surface area contributed by atoms with Gasteiger partial charge in [-0.05, 0) is 24.6 Å². The molecule has 1 N–H and O–H groups in total. The Morgan fingerprint density at radius 2 is 2.15 bits per heavy atom. The summed E-state index contributed by atoms with van der Waals surface area (Å²) in [6, 6.07) is 4.96. The summed E-state index contributed by atoms with van der Waals surface area (Å²) in [7, 11) is 0. The Labute approximate surface area is 150 Å². The lowest BCUT2D eigenvalue weighted by atomic mass is 10.2. The van der Waals surface area contributed by atoms with E-state index in [0.717, 1.165) is 11.8 Å². The summed E-state index contributed by atoms with van der Waals surface area (Å²) < 4.78 is 24.6. The largest absolute Gasteiger partial charge is 0.504 e. The van der Waals surface area contributed by atoms with Crippen molar-refractivity contribution in [1.29, 1.82) is 0 Å². The van der Waals surface area contributed by atoms with Crippen LogP contribution in [-0.4, -0.2) is 48.0 Å². The molecule has 0 spiro atoms. The highest BCUT2D eigenvalue weighted by Gasteiger charge is 2.17. The molecule has 0 bridgehead atoms. The Bertz CT molecular complexity index is 781. The van der Waals surface area contributed by atoms with Crippen molar-refractivity contribution in [2.45, 2.75) is 13.5 Å². The van der Waals surface area contributed by atoms with Gasteiger partial charge in [0.25, 0.3) is 5.95 Å². The van der Waals surface area contributed by atoms with Gasteiger partial charge < -0.3 is 19.5 Å². The maximum absolute atomic E-state index is 14.0. The molecule has 0 radical (unpaired) electrons. The van der Waals surface area contributed by atoms with Gasteiger partial charge in [-0.25, -0.2) is 9.37 Å². The predicted molar refractivity (Wildman–Crippen MR) is 92.5 cm³/mol. The molecule has 0 saturated carbocycles. The van der Waals surface area contributed by atoms with E-state index in [1.807, 2.05) is 6.92 Å². The van der Waals surface area contributed by atoms with Gasteiger partial charge in [0.1, 0.15) is 0 Å². The van der Waals surface area contributed by atoms with Crippen molar-refractivity contribution >= 4 is 11.8 Å². The van der Waals surface area contributed by atoms with E-state index in [9.17, 15) is 9.50 Å². The highest BCUT2D eigenvalue weighted by atomic mass is 19.1. The van der Waals surface area contributed by atoms with Gasteiger partial charge in [-0.3, -0.25) is 0 Å². The molecular weight excluding hydrogens is 341 g/mol. The molecule has 1 aromatic carbocycles. The van der Waals surface area contributed by atoms with E-state index in [2.05, 4.69) is 20.2 Å². The third-order valence-corrected chi connectivity index (χ3v) is 3.76. The minimum Gasteiger partial charge on any atom is -0.504 e. The van der Waals surface area contributed by atoms with Crippen LogP contribution in [0.1, 0.15) is 12.5 Å². The van der Waals surface area contributed by atoms with Gasteiger partial charge in [0.2, 0.25) is 0 Å². The topological polar surface area (TPSA) is 92.4 Å². The second kappa shape index (κ2) is 8.52. The Balaban J connectivity index is 1.69. The minimum atomic E-state index is -0.495. The predicted octanol–water partition coefficient (Wildman–Crippen LogP) is 2.84. The summed E-state index contributed by atoms with van der Waals surface area (Å²) in [6.45, 7) is 4.74. The first kappa shape index (κ1) is 18.0. The fourth-order valence-electron chi connectivity index (χ4n) is 2.50. The average Bonchev–Trinajstić information content (AvgIpc) is 2.66. The summed E-state index contributed by atoms with van der Waals surface area (Å²) in [5.41, 5.74) is 0.811. The molecule has 1 aromatic heterocycles. The van der Waals surface area contributed by atoms with Gasteiger partial charge in [0.05, 0.1) is 32.6 Å². The van der Waals surface area contributed by atoms with Gasteiger partial charge in [-0.1, -0.05) is 6.07 Å². The molecule has 0 unspecified atom stereocenters. The van der Waals surface area contributed by atoms with Crippen molar-refractivity contribution in [3.63, 3.8) is 0 Å². The Morgan fingerprint density at radius 1 is 1.35 bits per heavy atom. The van der Waals surface area contributed by atoms with E-state index in [1.54, 1.807) is 23.1 Å². The first-order valence-electron chi connectivity index (χ1n) is 8.35. The maximum atomic E-state index is 14.0. The number of halogens is 1. The van der Waals surface area contributed by atoms with Crippen molar-refractivity contribution in [2.24, 2.45) is 10.2 Å². The molecule has 1 saturated heterocycles. The number of hydrogen-bond acceptors (Lipinski definition) is 8. The number of phenols is 1. The van der Waals surface area contributed by atoms with E-state index in [4.69, 9.17) is 9.47 Å².